The van der Waals surface area contributed by atoms with Gasteiger partial charge in [0.05, 0.1) is 25.9 Å². The number of hydrogen-bond acceptors (Lipinski definition) is 9. The van der Waals surface area contributed by atoms with Crippen molar-refractivity contribution >= 4 is 49.0 Å². The molecule has 0 spiro atoms. The van der Waals surface area contributed by atoms with Crippen LogP contribution in [0.4, 0.5) is 0 Å². The van der Waals surface area contributed by atoms with Crippen LogP contribution in [0.5, 0.6) is 17.2 Å². The predicted octanol–water partition coefficient (Wildman–Crippen LogP) is 3.78. The first kappa shape index (κ1) is 26.4. The van der Waals surface area contributed by atoms with Crippen LogP contribution in [0.15, 0.2) is 52.1 Å². The van der Waals surface area contributed by atoms with Crippen LogP contribution in [0.2, 0.25) is 0 Å². The summed E-state index contributed by atoms with van der Waals surface area (Å²) in [5, 5.41) is 13.4. The van der Waals surface area contributed by atoms with Gasteiger partial charge in [0.1, 0.15) is 5.75 Å². The molecule has 2 aromatic carbocycles. The number of ether oxygens (including phenoxy) is 3. The van der Waals surface area contributed by atoms with Gasteiger partial charge in [-0.15, -0.1) is 5.10 Å². The second-order valence-electron chi connectivity index (χ2n) is 8.39. The van der Waals surface area contributed by atoms with Crippen LogP contribution in [0.25, 0.3) is 6.08 Å². The van der Waals surface area contributed by atoms with E-state index in [1.165, 1.54) is 18.7 Å². The molecule has 37 heavy (non-hydrogen) atoms. The normalized spacial score (nSPS) is 16.4. The maximum absolute atomic E-state index is 12.6. The monoisotopic (exact) mass is 542 g/mol. The number of nitrogens with zero attached hydrogens (tertiary/aromatic N) is 3. The minimum Gasteiger partial charge on any atom is -0.493 e. The molecule has 10 nitrogen and oxygen atoms in total. The van der Waals surface area contributed by atoms with E-state index in [4.69, 9.17) is 19.6 Å². The minimum absolute atomic E-state index is 0.0258. The van der Waals surface area contributed by atoms with Crippen LogP contribution in [0.1, 0.15) is 23.1 Å². The number of thioether (sulfide) groups is 1. The van der Waals surface area contributed by atoms with E-state index in [9.17, 15) is 13.2 Å². The lowest BCUT2D eigenvalue weighted by atomic mass is 10.1. The maximum Gasteiger partial charge on any atom is 0.283 e. The standard InChI is InChI=1S/C25H26N4O6S2/c1-15-6-8-19(16(2)12-15)34-10-5-11-35-20-9-7-17(14-21(20)33-3)13-18-22(26)29-24(27-23(18)30)36-25(28-29)37(4,31)32/h6-9,12-14,26H,5,10-11H2,1-4H3/b18-13+,26-22?. The van der Waals surface area contributed by atoms with E-state index in [1.807, 2.05) is 26.0 Å². The number of carbonyl (C=O) groups excluding carboxylic acids is 1. The SMILES string of the molecule is COc1cc(/C=C2\C(=N)N3N=C(S(C)(=O)=O)SC3=NC2=O)ccc1OCCCOc1ccc(C)cc1C. The number of rotatable bonds is 8. The van der Waals surface area contributed by atoms with Gasteiger partial charge in [-0.3, -0.25) is 10.2 Å². The number of methoxy groups -OCH3 is 1. The van der Waals surface area contributed by atoms with E-state index >= 15 is 0 Å². The number of amidine groups is 2. The third-order valence-electron chi connectivity index (χ3n) is 5.39. The molecular formula is C25H26N4O6S2. The van der Waals surface area contributed by atoms with Gasteiger partial charge in [0.25, 0.3) is 5.91 Å². The summed E-state index contributed by atoms with van der Waals surface area (Å²) >= 11 is 0.740. The molecule has 0 bridgehead atoms. The summed E-state index contributed by atoms with van der Waals surface area (Å²) in [6.07, 6.45) is 3.15. The zero-order valence-electron chi connectivity index (χ0n) is 20.8. The van der Waals surface area contributed by atoms with E-state index in [0.29, 0.717) is 36.7 Å². The number of hydrogen-bond donors (Lipinski definition) is 1. The molecule has 0 atom stereocenters. The summed E-state index contributed by atoms with van der Waals surface area (Å²) in [6.45, 7) is 4.97. The third-order valence-corrected chi connectivity index (χ3v) is 7.96. The van der Waals surface area contributed by atoms with E-state index in [-0.39, 0.29) is 21.0 Å². The molecule has 4 rings (SSSR count). The van der Waals surface area contributed by atoms with Crippen LogP contribution >= 0.6 is 11.8 Å². The molecule has 0 saturated heterocycles. The van der Waals surface area contributed by atoms with Crippen molar-refractivity contribution in [3.63, 3.8) is 0 Å². The van der Waals surface area contributed by atoms with Gasteiger partial charge in [-0.25, -0.2) is 8.42 Å². The molecule has 194 valence electrons. The largest absolute Gasteiger partial charge is 0.493 e. The van der Waals surface area contributed by atoms with E-state index in [1.54, 1.807) is 18.2 Å². The summed E-state index contributed by atoms with van der Waals surface area (Å²) in [4.78, 5) is 16.5. The molecule has 0 radical (unpaired) electrons. The highest BCUT2D eigenvalue weighted by atomic mass is 32.3. The fourth-order valence-electron chi connectivity index (χ4n) is 3.57. The van der Waals surface area contributed by atoms with Crippen molar-refractivity contribution < 1.29 is 27.4 Å². The molecule has 0 unspecified atom stereocenters. The number of aliphatic imine (C=N–C) groups is 1. The third kappa shape index (κ3) is 6.03. The molecule has 12 heteroatoms. The number of nitrogens with one attached hydrogen (secondary N) is 1. The van der Waals surface area contributed by atoms with Crippen molar-refractivity contribution in [1.29, 1.82) is 5.41 Å². The van der Waals surface area contributed by atoms with Crippen LogP contribution in [-0.4, -0.2) is 61.3 Å². The molecule has 2 aliphatic rings. The average molecular weight is 543 g/mol. The number of carbonyl (C=O) groups is 1. The number of fused-ring (bicyclic) bond motifs is 1. The molecule has 0 aromatic heterocycles. The van der Waals surface area contributed by atoms with Crippen molar-refractivity contribution in [3.8, 4) is 17.2 Å². The van der Waals surface area contributed by atoms with Gasteiger partial charge in [-0.1, -0.05) is 23.8 Å². The molecule has 0 aliphatic carbocycles. The van der Waals surface area contributed by atoms with Gasteiger partial charge in [-0.05, 0) is 61.0 Å². The molecule has 2 aliphatic heterocycles. The Morgan fingerprint density at radius 2 is 1.76 bits per heavy atom. The van der Waals surface area contributed by atoms with Crippen LogP contribution in [0.3, 0.4) is 0 Å². The smallest absolute Gasteiger partial charge is 0.283 e. The van der Waals surface area contributed by atoms with Gasteiger partial charge in [0.2, 0.25) is 19.4 Å². The van der Waals surface area contributed by atoms with Crippen LogP contribution in [0, 0.1) is 19.3 Å². The highest BCUT2D eigenvalue weighted by Gasteiger charge is 2.38. The molecule has 2 heterocycles. The Bertz CT molecular complexity index is 1460. The highest BCUT2D eigenvalue weighted by molar-refractivity contribution is 8.42. The molecule has 1 amide bonds. The topological polar surface area (TPSA) is 131 Å². The Kier molecular flexibility index (Phi) is 7.69. The highest BCUT2D eigenvalue weighted by Crippen LogP contribution is 2.32. The summed E-state index contributed by atoms with van der Waals surface area (Å²) in [5.74, 6) is 0.921. The lowest BCUT2D eigenvalue weighted by Gasteiger charge is -2.20. The summed E-state index contributed by atoms with van der Waals surface area (Å²) in [7, 11) is -2.09. The van der Waals surface area contributed by atoms with Crippen molar-refractivity contribution in [2.75, 3.05) is 26.6 Å². The minimum atomic E-state index is -3.60. The Labute approximate surface area is 219 Å². The van der Waals surface area contributed by atoms with Crippen molar-refractivity contribution in [2.24, 2.45) is 10.1 Å². The number of aryl methyl sites for hydroxylation is 2. The first-order chi connectivity index (χ1) is 17.6. The van der Waals surface area contributed by atoms with Gasteiger partial charge >= 0.3 is 0 Å². The zero-order chi connectivity index (χ0) is 26.7. The molecule has 0 saturated carbocycles. The van der Waals surface area contributed by atoms with Gasteiger partial charge in [0, 0.05) is 12.7 Å². The Morgan fingerprint density at radius 3 is 2.43 bits per heavy atom. The fourth-order valence-corrected chi connectivity index (χ4v) is 5.25. The first-order valence-corrected chi connectivity index (χ1v) is 14.0. The van der Waals surface area contributed by atoms with Gasteiger partial charge < -0.3 is 14.2 Å². The lowest BCUT2D eigenvalue weighted by Crippen LogP contribution is -2.35. The Balaban J connectivity index is 1.41. The van der Waals surface area contributed by atoms with E-state index in [0.717, 1.165) is 34.3 Å². The van der Waals surface area contributed by atoms with Gasteiger partial charge in [-0.2, -0.15) is 10.0 Å². The zero-order valence-corrected chi connectivity index (χ0v) is 22.4. The number of benzene rings is 2. The molecular weight excluding hydrogens is 516 g/mol. The molecule has 2 aromatic rings. The predicted molar refractivity (Wildman–Crippen MR) is 144 cm³/mol. The average Bonchev–Trinajstić information content (AvgIpc) is 3.28. The van der Waals surface area contributed by atoms with Crippen molar-refractivity contribution in [3.05, 3.63) is 58.7 Å². The molecule has 0 fully saturated rings. The van der Waals surface area contributed by atoms with Crippen molar-refractivity contribution in [1.82, 2.24) is 5.01 Å². The summed E-state index contributed by atoms with van der Waals surface area (Å²) in [5.41, 5.74) is 2.83. The Hall–Kier alpha value is -3.64. The second kappa shape index (κ2) is 10.8. The fraction of sp³-hybridized carbons (Fsp3) is 0.280. The first-order valence-electron chi connectivity index (χ1n) is 11.3. The van der Waals surface area contributed by atoms with Crippen LogP contribution in [-0.2, 0) is 14.6 Å². The Morgan fingerprint density at radius 1 is 1.05 bits per heavy atom. The van der Waals surface area contributed by atoms with E-state index in [2.05, 4.69) is 16.2 Å². The quantitative estimate of drug-likeness (QED) is 0.394. The number of sulfone groups is 1. The molecule has 1 N–H and O–H groups in total. The maximum atomic E-state index is 12.6. The van der Waals surface area contributed by atoms with Gasteiger partial charge in [0.15, 0.2) is 17.3 Å². The van der Waals surface area contributed by atoms with Crippen molar-refractivity contribution in [2.45, 2.75) is 20.3 Å². The lowest BCUT2D eigenvalue weighted by molar-refractivity contribution is -0.114. The number of hydrazone groups is 1. The second-order valence-corrected chi connectivity index (χ2v) is 11.5. The van der Waals surface area contributed by atoms with E-state index < -0.39 is 15.7 Å². The summed E-state index contributed by atoms with van der Waals surface area (Å²) < 4.78 is 40.5. The number of amides is 1. The van der Waals surface area contributed by atoms with Crippen LogP contribution < -0.4 is 14.2 Å². The summed E-state index contributed by atoms with van der Waals surface area (Å²) in [6, 6.07) is 11.2.